The maximum atomic E-state index is 13.2. The fourth-order valence-corrected chi connectivity index (χ4v) is 6.45. The van der Waals surface area contributed by atoms with Gasteiger partial charge in [-0.05, 0) is 49.7 Å². The molecule has 0 bridgehead atoms. The minimum Gasteiger partial charge on any atom is -0.493 e. The Morgan fingerprint density at radius 1 is 0.983 bits per heavy atom. The molecule has 3 amide bonds. The minimum atomic E-state index is -1.21. The van der Waals surface area contributed by atoms with Gasteiger partial charge in [-0.25, -0.2) is 0 Å². The van der Waals surface area contributed by atoms with Crippen LogP contribution in [0.2, 0.25) is 5.02 Å². The Morgan fingerprint density at radius 2 is 1.71 bits per heavy atom. The van der Waals surface area contributed by atoms with E-state index >= 15 is 0 Å². The second-order valence-corrected chi connectivity index (χ2v) is 13.4. The van der Waals surface area contributed by atoms with Crippen LogP contribution < -0.4 is 25.5 Å². The molecule has 1 fully saturated rings. The number of carbonyl (C=O) groups is 4. The van der Waals surface area contributed by atoms with E-state index in [4.69, 9.17) is 39.7 Å². The first-order valence-electron chi connectivity index (χ1n) is 18.7. The number of benzene rings is 3. The van der Waals surface area contributed by atoms with Crippen LogP contribution in [0.1, 0.15) is 52.1 Å². The Morgan fingerprint density at radius 3 is 2.38 bits per heavy atom. The molecule has 4 N–H and O–H groups in total. The van der Waals surface area contributed by atoms with Crippen LogP contribution in [0.15, 0.2) is 63.8 Å². The van der Waals surface area contributed by atoms with Crippen molar-refractivity contribution in [3.8, 4) is 22.8 Å². The van der Waals surface area contributed by atoms with Crippen LogP contribution in [0.25, 0.3) is 22.3 Å². The number of aldehydes is 1. The number of amides is 3. The van der Waals surface area contributed by atoms with Crippen LogP contribution in [0.3, 0.4) is 0 Å². The lowest BCUT2D eigenvalue weighted by Crippen LogP contribution is -2.53. The van der Waals surface area contributed by atoms with Crippen molar-refractivity contribution < 1.29 is 57.5 Å². The molecule has 0 aliphatic carbocycles. The summed E-state index contributed by atoms with van der Waals surface area (Å²) >= 11 is 6.58. The highest BCUT2D eigenvalue weighted by Gasteiger charge is 2.33. The molecule has 5 rings (SSSR count). The van der Waals surface area contributed by atoms with Crippen molar-refractivity contribution in [2.45, 2.75) is 31.9 Å². The normalized spacial score (nSPS) is 14.5. The molecule has 0 radical (unpaired) electrons. The molecule has 1 saturated heterocycles. The van der Waals surface area contributed by atoms with Gasteiger partial charge in [-0.1, -0.05) is 17.7 Å². The van der Waals surface area contributed by atoms with Gasteiger partial charge >= 0.3 is 0 Å². The number of carbonyl (C=O) groups excluding carboxylic acids is 4. The summed E-state index contributed by atoms with van der Waals surface area (Å²) in [5.74, 6) is -0.722. The Labute approximate surface area is 338 Å². The van der Waals surface area contributed by atoms with E-state index in [1.807, 2.05) is 0 Å². The number of piperidine rings is 1. The molecule has 1 aliphatic rings. The molecule has 58 heavy (non-hydrogen) atoms. The quantitative estimate of drug-likeness (QED) is 0.0505. The van der Waals surface area contributed by atoms with Crippen molar-refractivity contribution in [2.75, 3.05) is 78.4 Å². The lowest BCUT2D eigenvalue weighted by Gasteiger charge is -2.30. The number of halogens is 1. The molecular formula is C41H46ClN3O13. The van der Waals surface area contributed by atoms with Crippen molar-refractivity contribution >= 4 is 52.3 Å². The first-order chi connectivity index (χ1) is 28.1. The Bertz CT molecular complexity index is 2140. The number of hydrogen-bond donors (Lipinski definition) is 4. The Kier molecular flexibility index (Phi) is 16.2. The molecule has 16 nitrogen and oxygen atoms in total. The number of anilines is 1. The number of fused-ring (bicyclic) bond motifs is 1. The summed E-state index contributed by atoms with van der Waals surface area (Å²) in [6.45, 7) is 4.09. The van der Waals surface area contributed by atoms with E-state index < -0.39 is 30.6 Å². The third-order valence-electron chi connectivity index (χ3n) is 9.14. The van der Waals surface area contributed by atoms with Crippen molar-refractivity contribution in [1.82, 2.24) is 10.2 Å². The SMILES string of the molecule is CCOc1cc2oc(-c3ccc(NCCOCCOCCOCCOc4cccc(C(=O)N(C)C5CCC(=O)NC5=O)c4C=O)cc3Cl)cc(=O)c2cc1C(O)CO. The number of imide groups is 1. The van der Waals surface area contributed by atoms with Crippen molar-refractivity contribution in [3.05, 3.63) is 86.5 Å². The van der Waals surface area contributed by atoms with Crippen LogP contribution in [-0.2, 0) is 23.8 Å². The van der Waals surface area contributed by atoms with Gasteiger partial charge in [-0.3, -0.25) is 29.3 Å². The van der Waals surface area contributed by atoms with Gasteiger partial charge < -0.3 is 48.5 Å². The third kappa shape index (κ3) is 11.2. The molecular weight excluding hydrogens is 778 g/mol. The monoisotopic (exact) mass is 823 g/mol. The van der Waals surface area contributed by atoms with E-state index in [1.54, 1.807) is 37.3 Å². The average Bonchev–Trinajstić information content (AvgIpc) is 3.21. The Hall–Kier alpha value is -5.36. The molecule has 0 spiro atoms. The van der Waals surface area contributed by atoms with E-state index in [9.17, 15) is 34.2 Å². The highest BCUT2D eigenvalue weighted by molar-refractivity contribution is 6.33. The maximum absolute atomic E-state index is 13.2. The number of ether oxygens (including phenoxy) is 5. The van der Waals surface area contributed by atoms with Gasteiger partial charge in [0.25, 0.3) is 5.91 Å². The first-order valence-corrected chi connectivity index (χ1v) is 19.1. The molecule has 2 heterocycles. The second-order valence-electron chi connectivity index (χ2n) is 13.0. The minimum absolute atomic E-state index is 0.0521. The number of aliphatic hydroxyl groups excluding tert-OH is 2. The predicted octanol–water partition coefficient (Wildman–Crippen LogP) is 3.77. The van der Waals surface area contributed by atoms with Crippen molar-refractivity contribution in [1.29, 1.82) is 0 Å². The van der Waals surface area contributed by atoms with Crippen LogP contribution in [0, 0.1) is 0 Å². The summed E-state index contributed by atoms with van der Waals surface area (Å²) in [6, 6.07) is 13.4. The van der Waals surface area contributed by atoms with Gasteiger partial charge in [-0.15, -0.1) is 0 Å². The Balaban J connectivity index is 0.971. The lowest BCUT2D eigenvalue weighted by molar-refractivity contribution is -0.136. The van der Waals surface area contributed by atoms with E-state index in [-0.39, 0.29) is 71.0 Å². The third-order valence-corrected chi connectivity index (χ3v) is 9.46. The van der Waals surface area contributed by atoms with Gasteiger partial charge in [0.05, 0.1) is 74.4 Å². The molecule has 3 aromatic carbocycles. The van der Waals surface area contributed by atoms with Gasteiger partial charge in [0.2, 0.25) is 11.8 Å². The lowest BCUT2D eigenvalue weighted by atomic mass is 10.0. The van der Waals surface area contributed by atoms with E-state index in [2.05, 4.69) is 10.6 Å². The number of nitrogens with zero attached hydrogens (tertiary/aromatic N) is 1. The maximum Gasteiger partial charge on any atom is 0.255 e. The van der Waals surface area contributed by atoms with Crippen LogP contribution in [0.5, 0.6) is 11.5 Å². The fourth-order valence-electron chi connectivity index (χ4n) is 6.18. The van der Waals surface area contributed by atoms with E-state index in [1.165, 1.54) is 36.2 Å². The zero-order valence-corrected chi connectivity index (χ0v) is 32.9. The molecule has 2 atom stereocenters. The molecule has 4 aromatic rings. The smallest absolute Gasteiger partial charge is 0.255 e. The summed E-state index contributed by atoms with van der Waals surface area (Å²) in [4.78, 5) is 63.0. The first kappa shape index (κ1) is 43.8. The van der Waals surface area contributed by atoms with Crippen LogP contribution >= 0.6 is 11.6 Å². The summed E-state index contributed by atoms with van der Waals surface area (Å²) in [5.41, 5.74) is 1.58. The predicted molar refractivity (Wildman–Crippen MR) is 213 cm³/mol. The summed E-state index contributed by atoms with van der Waals surface area (Å²) in [6.07, 6.45) is -0.373. The summed E-state index contributed by atoms with van der Waals surface area (Å²) < 4.78 is 34.1. The van der Waals surface area contributed by atoms with Crippen LogP contribution in [0.4, 0.5) is 5.69 Å². The van der Waals surface area contributed by atoms with Crippen molar-refractivity contribution in [2.24, 2.45) is 0 Å². The molecule has 17 heteroatoms. The zero-order chi connectivity index (χ0) is 41.6. The average molecular weight is 824 g/mol. The topological polar surface area (TPSA) is 212 Å². The van der Waals surface area contributed by atoms with Gasteiger partial charge in [0.15, 0.2) is 11.7 Å². The molecule has 1 aromatic heterocycles. The van der Waals surface area contributed by atoms with E-state index in [0.29, 0.717) is 74.4 Å². The van der Waals surface area contributed by atoms with Gasteiger partial charge in [-0.2, -0.15) is 0 Å². The standard InChI is InChI=1S/C41H46ClN3O13/c1-3-56-36-22-38-28(20-29(36)34(49)24-47)33(48)21-37(58-38)27-8-7-25(19-31(27)42)43-11-12-53-13-14-54-15-16-55-17-18-57-35-6-4-5-26(30(35)23-46)41(52)45(2)32-9-10-39(50)44-40(32)51/h4-8,19-23,32,34,43,47,49H,3,9-18,24H2,1-2H3,(H,44,50,51). The molecule has 0 saturated carbocycles. The summed E-state index contributed by atoms with van der Waals surface area (Å²) in [5, 5.41) is 25.7. The number of aliphatic hydroxyl groups is 2. The van der Waals surface area contributed by atoms with Gasteiger partial charge in [0, 0.05) is 49.0 Å². The molecule has 310 valence electrons. The summed E-state index contributed by atoms with van der Waals surface area (Å²) in [7, 11) is 1.45. The van der Waals surface area contributed by atoms with Gasteiger partial charge in [0.1, 0.15) is 41.6 Å². The van der Waals surface area contributed by atoms with E-state index in [0.717, 1.165) is 5.69 Å². The zero-order valence-electron chi connectivity index (χ0n) is 32.1. The molecule has 2 unspecified atom stereocenters. The number of likely N-dealkylation sites (N-methyl/N-ethyl adjacent to an activating group) is 1. The number of nitrogens with one attached hydrogen (secondary N) is 2. The number of rotatable bonds is 22. The van der Waals surface area contributed by atoms with Crippen molar-refractivity contribution in [3.63, 3.8) is 0 Å². The number of hydrogen-bond acceptors (Lipinski definition) is 14. The highest BCUT2D eigenvalue weighted by atomic mass is 35.5. The second kappa shape index (κ2) is 21.4. The molecule has 1 aliphatic heterocycles. The largest absolute Gasteiger partial charge is 0.493 e. The fraction of sp³-hybridized carbons (Fsp3) is 0.390. The van der Waals surface area contributed by atoms with Crippen LogP contribution in [-0.4, -0.2) is 118 Å². The highest BCUT2D eigenvalue weighted by Crippen LogP contribution is 2.34.